The van der Waals surface area contributed by atoms with Gasteiger partial charge in [0.2, 0.25) is 5.95 Å². The van der Waals surface area contributed by atoms with Gasteiger partial charge in [0.1, 0.15) is 5.82 Å². The van der Waals surface area contributed by atoms with Gasteiger partial charge < -0.3 is 16.2 Å². The van der Waals surface area contributed by atoms with Crippen molar-refractivity contribution in [3.8, 4) is 11.3 Å². The Labute approximate surface area is 144 Å². The largest absolute Gasteiger partial charge is 0.393 e. The zero-order valence-corrected chi connectivity index (χ0v) is 13.7. The van der Waals surface area contributed by atoms with E-state index < -0.39 is 0 Å². The fraction of sp³-hybridized carbons (Fsp3) is 0.389. The summed E-state index contributed by atoms with van der Waals surface area (Å²) in [6.07, 6.45) is 4.64. The summed E-state index contributed by atoms with van der Waals surface area (Å²) in [6.45, 7) is 0. The van der Waals surface area contributed by atoms with E-state index in [0.29, 0.717) is 11.8 Å². The highest BCUT2D eigenvalue weighted by Crippen LogP contribution is 2.46. The molecule has 128 valence electrons. The highest BCUT2D eigenvalue weighted by molar-refractivity contribution is 5.92. The normalized spacial score (nSPS) is 27.9. The molecule has 7 heteroatoms. The van der Waals surface area contributed by atoms with Crippen molar-refractivity contribution in [2.24, 2.45) is 11.8 Å². The standard InChI is InChI=1S/C18H20N6O/c19-18-22-15-8-10(13-3-4-20-24-13)1-2-11(15)17(23-18)21-14-6-9-5-12(14)16(25)7-9/h1-4,8-9,12,14,16,25H,5-7H2,(H,20,24)(H3,19,21,22,23)/t9?,12?,14-,16-/m0/s1. The van der Waals surface area contributed by atoms with Crippen LogP contribution in [0, 0.1) is 11.8 Å². The average molecular weight is 336 g/mol. The number of rotatable bonds is 3. The van der Waals surface area contributed by atoms with Crippen LogP contribution in [0.2, 0.25) is 0 Å². The number of H-pyrrole nitrogens is 1. The van der Waals surface area contributed by atoms with E-state index in [1.807, 2.05) is 24.3 Å². The number of fused-ring (bicyclic) bond motifs is 3. The van der Waals surface area contributed by atoms with Gasteiger partial charge in [-0.15, -0.1) is 0 Å². The number of nitrogens with zero attached hydrogens (tertiary/aromatic N) is 3. The number of aromatic amines is 1. The second kappa shape index (κ2) is 5.42. The predicted octanol–water partition coefficient (Wildman–Crippen LogP) is 2.17. The number of nitrogen functional groups attached to an aromatic ring is 1. The van der Waals surface area contributed by atoms with Crippen molar-refractivity contribution in [3.05, 3.63) is 30.5 Å². The van der Waals surface area contributed by atoms with Crippen LogP contribution >= 0.6 is 0 Å². The summed E-state index contributed by atoms with van der Waals surface area (Å²) in [5.41, 5.74) is 8.68. The van der Waals surface area contributed by atoms with Crippen LogP contribution in [-0.2, 0) is 0 Å². The van der Waals surface area contributed by atoms with Gasteiger partial charge in [-0.3, -0.25) is 5.10 Å². The van der Waals surface area contributed by atoms with Crippen LogP contribution in [-0.4, -0.2) is 37.4 Å². The number of hydrogen-bond acceptors (Lipinski definition) is 6. The molecule has 25 heavy (non-hydrogen) atoms. The SMILES string of the molecule is Nc1nc(N[C@H]2CC3CC2[C@@H](O)C3)c2ccc(-c3ccn[nH]3)cc2n1. The van der Waals surface area contributed by atoms with Gasteiger partial charge in [0.25, 0.3) is 0 Å². The van der Waals surface area contributed by atoms with Gasteiger partial charge in [-0.2, -0.15) is 10.1 Å². The van der Waals surface area contributed by atoms with Gasteiger partial charge in [0.15, 0.2) is 0 Å². The molecule has 3 aromatic rings. The van der Waals surface area contributed by atoms with E-state index in [-0.39, 0.29) is 18.1 Å². The van der Waals surface area contributed by atoms with Gasteiger partial charge in [-0.05, 0) is 43.4 Å². The lowest BCUT2D eigenvalue weighted by Crippen LogP contribution is -2.34. The van der Waals surface area contributed by atoms with Gasteiger partial charge in [-0.25, -0.2) is 4.98 Å². The Balaban J connectivity index is 1.52. The fourth-order valence-corrected chi connectivity index (χ4v) is 4.50. The molecule has 0 radical (unpaired) electrons. The Morgan fingerprint density at radius 1 is 1.16 bits per heavy atom. The molecular weight excluding hydrogens is 316 g/mol. The quantitative estimate of drug-likeness (QED) is 0.583. The minimum atomic E-state index is -0.200. The highest BCUT2D eigenvalue weighted by Gasteiger charge is 2.45. The number of aliphatic hydroxyl groups is 1. The minimum absolute atomic E-state index is 0.200. The molecule has 0 saturated heterocycles. The van der Waals surface area contributed by atoms with Crippen molar-refractivity contribution in [3.63, 3.8) is 0 Å². The van der Waals surface area contributed by atoms with Crippen LogP contribution in [0.15, 0.2) is 30.5 Å². The van der Waals surface area contributed by atoms with Crippen molar-refractivity contribution >= 4 is 22.7 Å². The zero-order chi connectivity index (χ0) is 17.0. The molecular formula is C18H20N6O. The number of benzene rings is 1. The Morgan fingerprint density at radius 2 is 2.08 bits per heavy atom. The van der Waals surface area contributed by atoms with Crippen molar-refractivity contribution in [2.75, 3.05) is 11.1 Å². The molecule has 4 atom stereocenters. The first kappa shape index (κ1) is 14.7. The second-order valence-electron chi connectivity index (χ2n) is 7.19. The lowest BCUT2D eigenvalue weighted by molar-refractivity contribution is 0.107. The summed E-state index contributed by atoms with van der Waals surface area (Å²) in [6, 6.07) is 8.19. The Kier molecular flexibility index (Phi) is 3.18. The molecule has 0 aliphatic heterocycles. The lowest BCUT2D eigenvalue weighted by atomic mass is 9.92. The molecule has 0 spiro atoms. The van der Waals surface area contributed by atoms with Crippen molar-refractivity contribution < 1.29 is 5.11 Å². The van der Waals surface area contributed by atoms with Crippen molar-refractivity contribution in [1.82, 2.24) is 20.2 Å². The van der Waals surface area contributed by atoms with Gasteiger partial charge >= 0.3 is 0 Å². The van der Waals surface area contributed by atoms with Crippen LogP contribution in [0.4, 0.5) is 11.8 Å². The monoisotopic (exact) mass is 336 g/mol. The molecule has 2 fully saturated rings. The van der Waals surface area contributed by atoms with Gasteiger partial charge in [0.05, 0.1) is 17.3 Å². The van der Waals surface area contributed by atoms with E-state index in [2.05, 4.69) is 25.5 Å². The Morgan fingerprint density at radius 3 is 2.84 bits per heavy atom. The van der Waals surface area contributed by atoms with E-state index in [0.717, 1.165) is 47.2 Å². The molecule has 5 rings (SSSR count). The molecule has 2 saturated carbocycles. The smallest absolute Gasteiger partial charge is 0.222 e. The number of aromatic nitrogens is 4. The van der Waals surface area contributed by atoms with Crippen molar-refractivity contribution in [1.29, 1.82) is 0 Å². The van der Waals surface area contributed by atoms with E-state index in [1.54, 1.807) is 6.20 Å². The summed E-state index contributed by atoms with van der Waals surface area (Å²) in [5.74, 6) is 1.93. The minimum Gasteiger partial charge on any atom is -0.393 e. The molecule has 2 aromatic heterocycles. The highest BCUT2D eigenvalue weighted by atomic mass is 16.3. The van der Waals surface area contributed by atoms with Gasteiger partial charge in [-0.1, -0.05) is 6.07 Å². The van der Waals surface area contributed by atoms with E-state index in [4.69, 9.17) is 5.73 Å². The maximum absolute atomic E-state index is 10.2. The van der Waals surface area contributed by atoms with Crippen LogP contribution in [0.1, 0.15) is 19.3 Å². The second-order valence-corrected chi connectivity index (χ2v) is 7.19. The molecule has 2 aliphatic rings. The summed E-state index contributed by atoms with van der Waals surface area (Å²) in [7, 11) is 0. The van der Waals surface area contributed by atoms with E-state index >= 15 is 0 Å². The molecule has 1 aromatic carbocycles. The fourth-order valence-electron chi connectivity index (χ4n) is 4.50. The molecule has 2 heterocycles. The molecule has 5 N–H and O–H groups in total. The van der Waals surface area contributed by atoms with E-state index in [9.17, 15) is 5.11 Å². The van der Waals surface area contributed by atoms with Crippen molar-refractivity contribution in [2.45, 2.75) is 31.4 Å². The third-order valence-corrected chi connectivity index (χ3v) is 5.63. The van der Waals surface area contributed by atoms with Crippen LogP contribution in [0.5, 0.6) is 0 Å². The maximum Gasteiger partial charge on any atom is 0.222 e. The third kappa shape index (κ3) is 2.42. The summed E-state index contributed by atoms with van der Waals surface area (Å²) < 4.78 is 0. The van der Waals surface area contributed by atoms with E-state index in [1.165, 1.54) is 0 Å². The molecule has 7 nitrogen and oxygen atoms in total. The number of hydrogen-bond donors (Lipinski definition) is 4. The number of aliphatic hydroxyl groups excluding tert-OH is 1. The molecule has 2 aliphatic carbocycles. The average Bonchev–Trinajstić information content (AvgIpc) is 3.30. The first-order valence-electron chi connectivity index (χ1n) is 8.69. The van der Waals surface area contributed by atoms with Crippen LogP contribution < -0.4 is 11.1 Å². The zero-order valence-electron chi connectivity index (χ0n) is 13.7. The predicted molar refractivity (Wildman–Crippen MR) is 95.8 cm³/mol. The summed E-state index contributed by atoms with van der Waals surface area (Å²) in [4.78, 5) is 8.81. The molecule has 2 unspecified atom stereocenters. The summed E-state index contributed by atoms with van der Waals surface area (Å²) >= 11 is 0. The Hall–Kier alpha value is -2.67. The number of nitrogens with two attached hydrogens (primary N) is 1. The number of nitrogens with one attached hydrogen (secondary N) is 2. The third-order valence-electron chi connectivity index (χ3n) is 5.63. The molecule has 0 amide bonds. The first-order chi connectivity index (χ1) is 12.2. The Bertz CT molecular complexity index is 925. The van der Waals surface area contributed by atoms with Crippen LogP contribution in [0.25, 0.3) is 22.2 Å². The molecule has 2 bridgehead atoms. The van der Waals surface area contributed by atoms with Gasteiger partial charge in [0, 0.05) is 29.1 Å². The van der Waals surface area contributed by atoms with Crippen LogP contribution in [0.3, 0.4) is 0 Å². The summed E-state index contributed by atoms with van der Waals surface area (Å²) in [5, 5.41) is 21.6. The lowest BCUT2D eigenvalue weighted by Gasteiger charge is -2.27. The first-order valence-corrected chi connectivity index (χ1v) is 8.69. The topological polar surface area (TPSA) is 113 Å². The number of anilines is 2. The maximum atomic E-state index is 10.2.